The van der Waals surface area contributed by atoms with Gasteiger partial charge in [0.15, 0.2) is 5.75 Å². The molecule has 0 fully saturated rings. The molecule has 0 aliphatic carbocycles. The molecule has 100 valence electrons. The van der Waals surface area contributed by atoms with Crippen LogP contribution in [0.5, 0.6) is 5.75 Å². The summed E-state index contributed by atoms with van der Waals surface area (Å²) in [5.41, 5.74) is -0.000463. The summed E-state index contributed by atoms with van der Waals surface area (Å²) < 4.78 is 42.9. The van der Waals surface area contributed by atoms with Crippen LogP contribution in [0.15, 0.2) is 18.2 Å². The third-order valence-corrected chi connectivity index (χ3v) is 2.98. The lowest BCUT2D eigenvalue weighted by molar-refractivity contribution is -0.134. The summed E-state index contributed by atoms with van der Waals surface area (Å²) in [4.78, 5) is 10.4. The minimum absolute atomic E-state index is 0.000463. The summed E-state index contributed by atoms with van der Waals surface area (Å²) >= 11 is 0. The van der Waals surface area contributed by atoms with E-state index in [1.807, 2.05) is 4.72 Å². The average molecular weight is 277 g/mol. The third kappa shape index (κ3) is 4.21. The molecule has 0 heterocycles. The molecule has 18 heavy (non-hydrogen) atoms. The van der Waals surface area contributed by atoms with Crippen LogP contribution >= 0.6 is 0 Å². The molecular weight excluding hydrogens is 265 g/mol. The topological polar surface area (TPSA) is 92.7 Å². The molecule has 0 saturated carbocycles. The van der Waals surface area contributed by atoms with Crippen molar-refractivity contribution in [2.45, 2.75) is 6.92 Å². The number of sulfonamides is 1. The lowest BCUT2D eigenvalue weighted by Gasteiger charge is -2.11. The van der Waals surface area contributed by atoms with Crippen molar-refractivity contribution in [3.8, 4) is 5.75 Å². The minimum Gasteiger partial charge on any atom is -0.492 e. The highest BCUT2D eigenvalue weighted by molar-refractivity contribution is 7.93. The van der Waals surface area contributed by atoms with Crippen LogP contribution in [0, 0.1) is 5.82 Å². The Kier molecular flexibility index (Phi) is 4.49. The Balaban J connectivity index is 3.00. The molecule has 0 aliphatic rings. The standard InChI is InChI=1S/C10H12FNO5S/c1-2-17-9-5-7(11)3-4-8(9)12-18(15,16)6-10(13)14/h3-5,12H,2,6H2,1H3,(H,13,14). The quantitative estimate of drug-likeness (QED) is 0.810. The molecule has 0 saturated heterocycles. The second-order valence-electron chi connectivity index (χ2n) is 3.33. The average Bonchev–Trinajstić information content (AvgIpc) is 2.20. The van der Waals surface area contributed by atoms with Crippen molar-refractivity contribution in [1.82, 2.24) is 0 Å². The molecular formula is C10H12FNO5S. The lowest BCUT2D eigenvalue weighted by Crippen LogP contribution is -2.22. The van der Waals surface area contributed by atoms with Crippen molar-refractivity contribution < 1.29 is 27.4 Å². The SMILES string of the molecule is CCOc1cc(F)ccc1NS(=O)(=O)CC(=O)O. The number of carboxylic acid groups (broad SMARTS) is 1. The van der Waals surface area contributed by atoms with Crippen LogP contribution in [0.2, 0.25) is 0 Å². The highest BCUT2D eigenvalue weighted by atomic mass is 32.2. The van der Waals surface area contributed by atoms with Gasteiger partial charge in [-0.1, -0.05) is 0 Å². The molecule has 1 aromatic carbocycles. The van der Waals surface area contributed by atoms with Crippen LogP contribution in [0.1, 0.15) is 6.92 Å². The highest BCUT2D eigenvalue weighted by Gasteiger charge is 2.18. The molecule has 6 nitrogen and oxygen atoms in total. The Bertz CT molecular complexity index is 543. The summed E-state index contributed by atoms with van der Waals surface area (Å²) in [6.07, 6.45) is 0. The maximum Gasteiger partial charge on any atom is 0.320 e. The van der Waals surface area contributed by atoms with Crippen LogP contribution in [-0.4, -0.2) is 31.9 Å². The number of carbonyl (C=O) groups is 1. The molecule has 0 spiro atoms. The number of rotatable bonds is 6. The minimum atomic E-state index is -4.04. The predicted molar refractivity (Wildman–Crippen MR) is 62.6 cm³/mol. The molecule has 0 aliphatic heterocycles. The number of benzene rings is 1. The predicted octanol–water partition coefficient (Wildman–Crippen LogP) is 1.05. The Hall–Kier alpha value is -1.83. The molecule has 0 atom stereocenters. The van der Waals surface area contributed by atoms with Gasteiger partial charge in [-0.05, 0) is 19.1 Å². The van der Waals surface area contributed by atoms with E-state index >= 15 is 0 Å². The number of carboxylic acids is 1. The molecule has 0 radical (unpaired) electrons. The van der Waals surface area contributed by atoms with Gasteiger partial charge >= 0.3 is 5.97 Å². The third-order valence-electron chi connectivity index (χ3n) is 1.82. The fraction of sp³-hybridized carbons (Fsp3) is 0.300. The molecule has 8 heteroatoms. The van der Waals surface area contributed by atoms with Gasteiger partial charge < -0.3 is 9.84 Å². The number of aliphatic carboxylic acids is 1. The van der Waals surface area contributed by atoms with Crippen LogP contribution < -0.4 is 9.46 Å². The molecule has 2 N–H and O–H groups in total. The summed E-state index contributed by atoms with van der Waals surface area (Å²) in [5, 5.41) is 8.43. The number of nitrogens with one attached hydrogen (secondary N) is 1. The monoisotopic (exact) mass is 277 g/mol. The smallest absolute Gasteiger partial charge is 0.320 e. The van der Waals surface area contributed by atoms with E-state index in [2.05, 4.69) is 0 Å². The fourth-order valence-corrected chi connectivity index (χ4v) is 2.12. The molecule has 1 aromatic rings. The first-order valence-corrected chi connectivity index (χ1v) is 6.64. The summed E-state index contributed by atoms with van der Waals surface area (Å²) in [6.45, 7) is 1.87. The van der Waals surface area contributed by atoms with Gasteiger partial charge in [-0.2, -0.15) is 0 Å². The van der Waals surface area contributed by atoms with E-state index in [1.54, 1.807) is 6.92 Å². The Morgan fingerprint density at radius 2 is 2.17 bits per heavy atom. The van der Waals surface area contributed by atoms with Gasteiger partial charge in [0.2, 0.25) is 10.0 Å². The Morgan fingerprint density at radius 1 is 1.50 bits per heavy atom. The first kappa shape index (κ1) is 14.2. The van der Waals surface area contributed by atoms with E-state index < -0.39 is 27.6 Å². The van der Waals surface area contributed by atoms with E-state index in [0.717, 1.165) is 12.1 Å². The number of hydrogen-bond donors (Lipinski definition) is 2. The zero-order valence-electron chi connectivity index (χ0n) is 9.51. The van der Waals surface area contributed by atoms with E-state index in [0.29, 0.717) is 0 Å². The van der Waals surface area contributed by atoms with Crippen molar-refractivity contribution in [3.63, 3.8) is 0 Å². The van der Waals surface area contributed by atoms with Gasteiger partial charge in [0, 0.05) is 6.07 Å². The van der Waals surface area contributed by atoms with Crippen molar-refractivity contribution in [2.75, 3.05) is 17.1 Å². The van der Waals surface area contributed by atoms with Crippen molar-refractivity contribution >= 4 is 21.7 Å². The van der Waals surface area contributed by atoms with Crippen LogP contribution in [0.25, 0.3) is 0 Å². The first-order valence-electron chi connectivity index (χ1n) is 4.98. The van der Waals surface area contributed by atoms with Gasteiger partial charge in [0.05, 0.1) is 12.3 Å². The maximum absolute atomic E-state index is 13.0. The molecule has 0 amide bonds. The van der Waals surface area contributed by atoms with E-state index in [4.69, 9.17) is 9.84 Å². The van der Waals surface area contributed by atoms with Crippen LogP contribution in [-0.2, 0) is 14.8 Å². The second-order valence-corrected chi connectivity index (χ2v) is 5.05. The van der Waals surface area contributed by atoms with Crippen LogP contribution in [0.4, 0.5) is 10.1 Å². The van der Waals surface area contributed by atoms with E-state index in [9.17, 15) is 17.6 Å². The van der Waals surface area contributed by atoms with Gasteiger partial charge in [-0.15, -0.1) is 0 Å². The lowest BCUT2D eigenvalue weighted by atomic mass is 10.3. The van der Waals surface area contributed by atoms with Gasteiger partial charge in [-0.25, -0.2) is 12.8 Å². The van der Waals surface area contributed by atoms with Gasteiger partial charge in [0.25, 0.3) is 0 Å². The number of halogens is 1. The summed E-state index contributed by atoms with van der Waals surface area (Å²) in [7, 11) is -4.04. The number of ether oxygens (including phenoxy) is 1. The highest BCUT2D eigenvalue weighted by Crippen LogP contribution is 2.26. The second kappa shape index (κ2) is 5.67. The maximum atomic E-state index is 13.0. The Labute approximate surface area is 103 Å². The van der Waals surface area contributed by atoms with Crippen molar-refractivity contribution in [3.05, 3.63) is 24.0 Å². The Morgan fingerprint density at radius 3 is 2.72 bits per heavy atom. The number of hydrogen-bond acceptors (Lipinski definition) is 4. The zero-order valence-corrected chi connectivity index (χ0v) is 10.3. The first-order chi connectivity index (χ1) is 8.34. The molecule has 1 rings (SSSR count). The summed E-state index contributed by atoms with van der Waals surface area (Å²) in [6, 6.07) is 3.23. The molecule has 0 unspecified atom stereocenters. The normalized spacial score (nSPS) is 11.0. The van der Waals surface area contributed by atoms with E-state index in [1.165, 1.54) is 6.07 Å². The zero-order chi connectivity index (χ0) is 13.8. The van der Waals surface area contributed by atoms with Crippen molar-refractivity contribution in [2.24, 2.45) is 0 Å². The van der Waals surface area contributed by atoms with Gasteiger partial charge in [-0.3, -0.25) is 9.52 Å². The van der Waals surface area contributed by atoms with Crippen molar-refractivity contribution in [1.29, 1.82) is 0 Å². The molecule has 0 bridgehead atoms. The largest absolute Gasteiger partial charge is 0.492 e. The fourth-order valence-electron chi connectivity index (χ4n) is 1.22. The van der Waals surface area contributed by atoms with Gasteiger partial charge in [0.1, 0.15) is 11.6 Å². The summed E-state index contributed by atoms with van der Waals surface area (Å²) in [5.74, 6) is -3.13. The van der Waals surface area contributed by atoms with E-state index in [-0.39, 0.29) is 18.0 Å². The van der Waals surface area contributed by atoms with Crippen LogP contribution in [0.3, 0.4) is 0 Å². The number of anilines is 1. The molecule has 0 aromatic heterocycles.